The van der Waals surface area contributed by atoms with Crippen LogP contribution in [0.3, 0.4) is 0 Å². The van der Waals surface area contributed by atoms with Crippen molar-refractivity contribution in [1.82, 2.24) is 15.5 Å². The summed E-state index contributed by atoms with van der Waals surface area (Å²) in [5.74, 6) is 0.819. The molecule has 0 radical (unpaired) electrons. The van der Waals surface area contributed by atoms with Crippen molar-refractivity contribution in [1.29, 1.82) is 0 Å². The maximum Gasteiger partial charge on any atom is 0.191 e. The Morgan fingerprint density at radius 3 is 2.66 bits per heavy atom. The zero-order valence-corrected chi connectivity index (χ0v) is 20.2. The quantitative estimate of drug-likeness (QED) is 0.308. The van der Waals surface area contributed by atoms with Gasteiger partial charge in [-0.2, -0.15) is 0 Å². The number of guanidine groups is 1. The molecular formula is C22H37IN4O2. The van der Waals surface area contributed by atoms with Crippen molar-refractivity contribution in [2.45, 2.75) is 57.7 Å². The van der Waals surface area contributed by atoms with Gasteiger partial charge in [0.2, 0.25) is 0 Å². The molecule has 1 aromatic rings. The first-order chi connectivity index (χ1) is 13.6. The molecule has 3 rings (SSSR count). The van der Waals surface area contributed by atoms with Gasteiger partial charge in [-0.3, -0.25) is 9.89 Å². The molecule has 0 aliphatic carbocycles. The fourth-order valence-electron chi connectivity index (χ4n) is 3.95. The molecule has 164 valence electrons. The van der Waals surface area contributed by atoms with Gasteiger partial charge in [0.25, 0.3) is 0 Å². The maximum absolute atomic E-state index is 10.6. The second-order valence-electron chi connectivity index (χ2n) is 8.22. The number of benzene rings is 1. The van der Waals surface area contributed by atoms with Gasteiger partial charge in [-0.15, -0.1) is 24.0 Å². The summed E-state index contributed by atoms with van der Waals surface area (Å²) in [6.45, 7) is 9.92. The van der Waals surface area contributed by atoms with E-state index >= 15 is 0 Å². The Hall–Kier alpha value is -0.900. The number of ether oxygens (including phenoxy) is 1. The molecule has 0 atom stereocenters. The Balaban J connectivity index is 0.00000300. The Kier molecular flexibility index (Phi) is 10.1. The largest absolute Gasteiger partial charge is 0.388 e. The molecule has 0 amide bonds. The average molecular weight is 516 g/mol. The van der Waals surface area contributed by atoms with Gasteiger partial charge in [0.15, 0.2) is 5.96 Å². The first-order valence-electron chi connectivity index (χ1n) is 10.7. The van der Waals surface area contributed by atoms with Crippen LogP contribution in [0.1, 0.15) is 43.7 Å². The molecule has 0 saturated carbocycles. The van der Waals surface area contributed by atoms with Crippen molar-refractivity contribution in [2.75, 3.05) is 39.4 Å². The lowest BCUT2D eigenvalue weighted by Gasteiger charge is -2.34. The molecule has 0 spiro atoms. The molecule has 6 nitrogen and oxygen atoms in total. The minimum absolute atomic E-state index is 0. The van der Waals surface area contributed by atoms with Crippen LogP contribution in [0.2, 0.25) is 0 Å². The molecule has 2 heterocycles. The topological polar surface area (TPSA) is 69.1 Å². The molecular weight excluding hydrogens is 479 g/mol. The van der Waals surface area contributed by atoms with Crippen LogP contribution in [0, 0.1) is 6.92 Å². The van der Waals surface area contributed by atoms with E-state index in [9.17, 15) is 5.11 Å². The van der Waals surface area contributed by atoms with Gasteiger partial charge in [-0.25, -0.2) is 0 Å². The lowest BCUT2D eigenvalue weighted by molar-refractivity contribution is -0.0566. The van der Waals surface area contributed by atoms with Gasteiger partial charge in [0.1, 0.15) is 0 Å². The normalized spacial score (nSPS) is 20.7. The zero-order chi connectivity index (χ0) is 19.8. The summed E-state index contributed by atoms with van der Waals surface area (Å²) in [5.41, 5.74) is 2.00. The number of piperidine rings is 1. The molecule has 2 saturated heterocycles. The van der Waals surface area contributed by atoms with E-state index in [4.69, 9.17) is 4.74 Å². The van der Waals surface area contributed by atoms with Crippen LogP contribution >= 0.6 is 24.0 Å². The summed E-state index contributed by atoms with van der Waals surface area (Å²) in [7, 11) is 0. The number of aliphatic hydroxyl groups is 1. The molecule has 1 aromatic carbocycles. The lowest BCUT2D eigenvalue weighted by Crippen LogP contribution is -2.49. The van der Waals surface area contributed by atoms with Gasteiger partial charge >= 0.3 is 0 Å². The molecule has 0 aromatic heterocycles. The highest BCUT2D eigenvalue weighted by Gasteiger charge is 2.29. The summed E-state index contributed by atoms with van der Waals surface area (Å²) in [6.07, 6.45) is 3.53. The van der Waals surface area contributed by atoms with E-state index in [2.05, 4.69) is 58.6 Å². The van der Waals surface area contributed by atoms with E-state index in [-0.39, 0.29) is 24.0 Å². The summed E-state index contributed by atoms with van der Waals surface area (Å²) in [4.78, 5) is 7.20. The Morgan fingerprint density at radius 2 is 2.00 bits per heavy atom. The SMILES string of the molecule is CCNC(=NCC1(O)CCOCC1)NC1CCN(Cc2cccc(C)c2)CC1.I. The predicted molar refractivity (Wildman–Crippen MR) is 129 cm³/mol. The summed E-state index contributed by atoms with van der Waals surface area (Å²) < 4.78 is 5.36. The summed E-state index contributed by atoms with van der Waals surface area (Å²) in [5, 5.41) is 17.5. The number of hydrogen-bond acceptors (Lipinski definition) is 4. The monoisotopic (exact) mass is 516 g/mol. The number of halogens is 1. The fraction of sp³-hybridized carbons (Fsp3) is 0.682. The summed E-state index contributed by atoms with van der Waals surface area (Å²) >= 11 is 0. The Bertz CT molecular complexity index is 641. The first kappa shape index (κ1) is 24.4. The maximum atomic E-state index is 10.6. The molecule has 3 N–H and O–H groups in total. The van der Waals surface area contributed by atoms with Crippen molar-refractivity contribution >= 4 is 29.9 Å². The van der Waals surface area contributed by atoms with E-state index < -0.39 is 5.60 Å². The van der Waals surface area contributed by atoms with Crippen LogP contribution in [0.5, 0.6) is 0 Å². The highest BCUT2D eigenvalue weighted by Crippen LogP contribution is 2.20. The van der Waals surface area contributed by atoms with Crippen molar-refractivity contribution in [3.8, 4) is 0 Å². The number of aliphatic imine (C=N–C) groups is 1. The van der Waals surface area contributed by atoms with Gasteiger partial charge in [0, 0.05) is 58.3 Å². The van der Waals surface area contributed by atoms with Gasteiger partial charge in [-0.1, -0.05) is 29.8 Å². The number of hydrogen-bond donors (Lipinski definition) is 3. The van der Waals surface area contributed by atoms with E-state index in [1.54, 1.807) is 0 Å². The molecule has 0 bridgehead atoms. The van der Waals surface area contributed by atoms with Crippen LogP contribution in [-0.2, 0) is 11.3 Å². The Labute approximate surface area is 192 Å². The second-order valence-corrected chi connectivity index (χ2v) is 8.22. The number of aryl methyl sites for hydroxylation is 1. The number of nitrogens with one attached hydrogen (secondary N) is 2. The predicted octanol–water partition coefficient (Wildman–Crippen LogP) is 2.67. The van der Waals surface area contributed by atoms with Crippen molar-refractivity contribution in [3.05, 3.63) is 35.4 Å². The third kappa shape index (κ3) is 8.03. The van der Waals surface area contributed by atoms with Gasteiger partial charge < -0.3 is 20.5 Å². The second kappa shape index (κ2) is 12.1. The standard InChI is InChI=1S/C22H36N4O2.HI/c1-3-23-21(24-17-22(27)9-13-28-14-10-22)25-20-7-11-26(12-8-20)16-19-6-4-5-18(2)15-19;/h4-6,15,20,27H,3,7-14,16-17H2,1-2H3,(H2,23,24,25);1H. The molecule has 0 unspecified atom stereocenters. The highest BCUT2D eigenvalue weighted by atomic mass is 127. The van der Waals surface area contributed by atoms with Crippen LogP contribution in [-0.4, -0.2) is 67.0 Å². The van der Waals surface area contributed by atoms with E-state index in [0.717, 1.165) is 45.0 Å². The first-order valence-corrected chi connectivity index (χ1v) is 10.7. The van der Waals surface area contributed by atoms with Crippen LogP contribution < -0.4 is 10.6 Å². The third-order valence-corrected chi connectivity index (χ3v) is 5.72. The van der Waals surface area contributed by atoms with Crippen molar-refractivity contribution in [3.63, 3.8) is 0 Å². The molecule has 2 fully saturated rings. The third-order valence-electron chi connectivity index (χ3n) is 5.72. The van der Waals surface area contributed by atoms with Gasteiger partial charge in [-0.05, 0) is 32.3 Å². The average Bonchev–Trinajstić information content (AvgIpc) is 2.69. The zero-order valence-electron chi connectivity index (χ0n) is 17.8. The lowest BCUT2D eigenvalue weighted by atomic mass is 9.95. The van der Waals surface area contributed by atoms with Gasteiger partial charge in [0.05, 0.1) is 12.1 Å². The molecule has 2 aliphatic rings. The van der Waals surface area contributed by atoms with Crippen LogP contribution in [0.4, 0.5) is 0 Å². The molecule has 7 heteroatoms. The van der Waals surface area contributed by atoms with Crippen LogP contribution in [0.25, 0.3) is 0 Å². The molecule has 29 heavy (non-hydrogen) atoms. The Morgan fingerprint density at radius 1 is 1.28 bits per heavy atom. The summed E-state index contributed by atoms with van der Waals surface area (Å²) in [6, 6.07) is 9.22. The van der Waals surface area contributed by atoms with Crippen molar-refractivity contribution in [2.24, 2.45) is 4.99 Å². The van der Waals surface area contributed by atoms with Crippen LogP contribution in [0.15, 0.2) is 29.3 Å². The van der Waals surface area contributed by atoms with E-state index in [0.29, 0.717) is 38.6 Å². The molecule has 2 aliphatic heterocycles. The van der Waals surface area contributed by atoms with E-state index in [1.807, 2.05) is 0 Å². The number of nitrogens with zero attached hydrogens (tertiary/aromatic N) is 2. The fourth-order valence-corrected chi connectivity index (χ4v) is 3.95. The minimum Gasteiger partial charge on any atom is -0.388 e. The van der Waals surface area contributed by atoms with Crippen molar-refractivity contribution < 1.29 is 9.84 Å². The smallest absolute Gasteiger partial charge is 0.191 e. The van der Waals surface area contributed by atoms with E-state index in [1.165, 1.54) is 11.1 Å². The highest BCUT2D eigenvalue weighted by molar-refractivity contribution is 14.0. The number of likely N-dealkylation sites (tertiary alicyclic amines) is 1. The minimum atomic E-state index is -0.724. The number of rotatable bonds is 6.